The van der Waals surface area contributed by atoms with Gasteiger partial charge in [-0.2, -0.15) is 0 Å². The molecule has 0 aliphatic carbocycles. The van der Waals surface area contributed by atoms with Gasteiger partial charge in [-0.15, -0.1) is 0 Å². The number of phosphoric acid groups is 1. The third-order valence-electron chi connectivity index (χ3n) is 18.7. The zero-order valence-electron chi connectivity index (χ0n) is 62.3. The molecule has 3 atom stereocenters. The van der Waals surface area contributed by atoms with Gasteiger partial charge in [-0.25, -0.2) is 4.57 Å². The number of hydrogen-bond acceptors (Lipinski definition) is 5. The summed E-state index contributed by atoms with van der Waals surface area (Å²) >= 11 is 0. The highest BCUT2D eigenvalue weighted by atomic mass is 31.2. The minimum atomic E-state index is -4.37. The van der Waals surface area contributed by atoms with Crippen LogP contribution in [0.25, 0.3) is 0 Å². The van der Waals surface area contributed by atoms with Crippen molar-refractivity contribution in [2.24, 2.45) is 0 Å². The first kappa shape index (κ1) is 90.2. The fraction of sp³-hybridized carbons (Fsp3) is 0.867. The highest BCUT2D eigenvalue weighted by Gasteiger charge is 2.28. The topological polar surface area (TPSA) is 105 Å². The van der Waals surface area contributed by atoms with Gasteiger partial charge >= 0.3 is 7.82 Å². The average Bonchev–Trinajstić information content (AvgIpc) is 2.63. The molecule has 3 N–H and O–H groups in total. The Kier molecular flexibility index (Phi) is 72.0. The maximum atomic E-state index is 13.1. The summed E-state index contributed by atoms with van der Waals surface area (Å²) < 4.78 is 23.9. The minimum Gasteiger partial charge on any atom is -0.387 e. The Morgan fingerprint density at radius 1 is 0.370 bits per heavy atom. The lowest BCUT2D eigenvalue weighted by Gasteiger charge is -2.25. The molecule has 0 aliphatic heterocycles. The molecule has 542 valence electrons. The number of hydrogen-bond donors (Lipinski definition) is 3. The summed E-state index contributed by atoms with van der Waals surface area (Å²) in [5, 5.41) is 14.0. The third kappa shape index (κ3) is 75.6. The molecule has 9 heteroatoms. The SMILES string of the molecule is CCCCCCC/C=C\C/C=C\CCCCCCCCCCCCCCCCCCCCCCCCCCCCCC(=O)NC(COP(=O)(O)OCC[N+](C)(C)C)C(O)/C=C/CC/C=C/CC/C=C/CCCCCCCCCCCCCCCCCCCCCCC. The van der Waals surface area contributed by atoms with E-state index in [-0.39, 0.29) is 19.1 Å². The summed E-state index contributed by atoms with van der Waals surface area (Å²) in [5.74, 6) is -0.183. The van der Waals surface area contributed by atoms with Gasteiger partial charge in [-0.1, -0.05) is 389 Å². The molecule has 0 aliphatic rings. The smallest absolute Gasteiger partial charge is 0.387 e. The predicted octanol–water partition coefficient (Wildman–Crippen LogP) is 26.7. The van der Waals surface area contributed by atoms with E-state index in [0.717, 1.165) is 51.4 Å². The van der Waals surface area contributed by atoms with E-state index in [4.69, 9.17) is 9.05 Å². The molecule has 0 heterocycles. The summed E-state index contributed by atoms with van der Waals surface area (Å²) in [6.45, 7) is 4.84. The quantitative estimate of drug-likeness (QED) is 0.0243. The van der Waals surface area contributed by atoms with Gasteiger partial charge < -0.3 is 19.8 Å². The second-order valence-electron chi connectivity index (χ2n) is 29.1. The number of carbonyl (C=O) groups is 1. The van der Waals surface area contributed by atoms with Gasteiger partial charge in [-0.3, -0.25) is 13.8 Å². The average molecular weight is 1310 g/mol. The van der Waals surface area contributed by atoms with Gasteiger partial charge in [0.05, 0.1) is 39.9 Å². The van der Waals surface area contributed by atoms with Gasteiger partial charge in [0.25, 0.3) is 0 Å². The summed E-state index contributed by atoms with van der Waals surface area (Å²) in [5.41, 5.74) is 0. The molecule has 1 amide bonds. The van der Waals surface area contributed by atoms with E-state index < -0.39 is 20.0 Å². The fourth-order valence-electron chi connectivity index (χ4n) is 12.4. The molecule has 0 bridgehead atoms. The lowest BCUT2D eigenvalue weighted by molar-refractivity contribution is -0.870. The molecule has 92 heavy (non-hydrogen) atoms. The molecule has 3 unspecified atom stereocenters. The second kappa shape index (κ2) is 73.4. The zero-order valence-corrected chi connectivity index (χ0v) is 63.2. The highest BCUT2D eigenvalue weighted by molar-refractivity contribution is 7.47. The monoisotopic (exact) mass is 1310 g/mol. The molecular weight excluding hydrogens is 1150 g/mol. The second-order valence-corrected chi connectivity index (χ2v) is 30.6. The van der Waals surface area contributed by atoms with Crippen molar-refractivity contribution in [3.8, 4) is 0 Å². The molecule has 0 rings (SSSR count). The van der Waals surface area contributed by atoms with E-state index in [0.29, 0.717) is 17.4 Å². The van der Waals surface area contributed by atoms with Crippen LogP contribution >= 0.6 is 7.82 Å². The molecule has 0 fully saturated rings. The van der Waals surface area contributed by atoms with Crippen molar-refractivity contribution in [1.29, 1.82) is 0 Å². The number of aliphatic hydroxyl groups excluding tert-OH is 1. The number of rotatable bonds is 76. The van der Waals surface area contributed by atoms with E-state index in [1.807, 2.05) is 27.2 Å². The summed E-state index contributed by atoms with van der Waals surface area (Å²) in [7, 11) is 1.56. The highest BCUT2D eigenvalue weighted by Crippen LogP contribution is 2.43. The summed E-state index contributed by atoms with van der Waals surface area (Å²) in [6.07, 6.45) is 103. The van der Waals surface area contributed by atoms with Crippen LogP contribution in [0.15, 0.2) is 60.8 Å². The van der Waals surface area contributed by atoms with Crippen LogP contribution in [-0.2, 0) is 18.4 Å². The number of nitrogens with zero attached hydrogens (tertiary/aromatic N) is 1. The van der Waals surface area contributed by atoms with Crippen molar-refractivity contribution >= 4 is 13.7 Å². The number of amides is 1. The Morgan fingerprint density at radius 3 is 0.935 bits per heavy atom. The van der Waals surface area contributed by atoms with Crippen LogP contribution < -0.4 is 5.32 Å². The van der Waals surface area contributed by atoms with E-state index in [1.54, 1.807) is 6.08 Å². The molecule has 0 saturated heterocycles. The molecule has 0 spiro atoms. The van der Waals surface area contributed by atoms with Crippen LogP contribution in [0.3, 0.4) is 0 Å². The first-order chi connectivity index (χ1) is 45.0. The van der Waals surface area contributed by atoms with E-state index in [2.05, 4.69) is 67.8 Å². The first-order valence-electron chi connectivity index (χ1n) is 40.7. The number of unbranched alkanes of at least 4 members (excludes halogenated alkanes) is 55. The molecule has 0 radical (unpaired) electrons. The zero-order chi connectivity index (χ0) is 66.9. The maximum Gasteiger partial charge on any atom is 0.472 e. The van der Waals surface area contributed by atoms with Crippen LogP contribution in [-0.4, -0.2) is 73.4 Å². The third-order valence-corrected chi connectivity index (χ3v) is 19.7. The lowest BCUT2D eigenvalue weighted by Crippen LogP contribution is -2.45. The van der Waals surface area contributed by atoms with Gasteiger partial charge in [0.1, 0.15) is 13.2 Å². The number of carbonyl (C=O) groups excluding carboxylic acids is 1. The van der Waals surface area contributed by atoms with Gasteiger partial charge in [-0.05, 0) is 77.0 Å². The molecule has 0 saturated carbocycles. The lowest BCUT2D eigenvalue weighted by atomic mass is 10.0. The van der Waals surface area contributed by atoms with E-state index in [1.165, 1.54) is 340 Å². The Morgan fingerprint density at radius 2 is 0.630 bits per heavy atom. The number of aliphatic hydroxyl groups is 1. The van der Waals surface area contributed by atoms with Crippen molar-refractivity contribution in [3.63, 3.8) is 0 Å². The number of quaternary nitrogens is 1. The van der Waals surface area contributed by atoms with Crippen molar-refractivity contribution in [1.82, 2.24) is 5.32 Å². The molecule has 0 aromatic rings. The normalized spacial score (nSPS) is 13.8. The standard InChI is InChI=1S/C83H159N2O6P/c1-6-8-10-12-14-16-18-20-22-24-26-28-30-32-34-36-38-39-40-41-42-43-44-45-47-49-51-53-55-57-59-61-63-65-67-69-71-73-75-77-83(87)84-81(80-91-92(88,89)90-79-78-85(3,4)5)82(86)76-74-72-70-68-66-64-62-60-58-56-54-52-50-48-46-37-35-33-31-29-27-25-23-21-19-17-15-13-11-9-7-2/h18,20,24,26,58,60,66,68,74,76,81-82,86H,6-17,19,21-23,25,27-57,59,61-65,67,69-73,75,77-80H2,1-5H3,(H-,84,87,88,89)/p+1/b20-18-,26-24-,60-58+,68-66+,76-74+. The van der Waals surface area contributed by atoms with Crippen LogP contribution in [0.1, 0.15) is 412 Å². The maximum absolute atomic E-state index is 13.1. The van der Waals surface area contributed by atoms with Crippen LogP contribution in [0.2, 0.25) is 0 Å². The number of allylic oxidation sites excluding steroid dienone is 9. The molecule has 0 aromatic heterocycles. The van der Waals surface area contributed by atoms with Gasteiger partial charge in [0.2, 0.25) is 5.91 Å². The van der Waals surface area contributed by atoms with Gasteiger partial charge in [0.15, 0.2) is 0 Å². The first-order valence-corrected chi connectivity index (χ1v) is 42.2. The fourth-order valence-corrected chi connectivity index (χ4v) is 13.1. The van der Waals surface area contributed by atoms with Crippen LogP contribution in [0.5, 0.6) is 0 Å². The Hall–Kier alpha value is -1.80. The van der Waals surface area contributed by atoms with E-state index in [9.17, 15) is 19.4 Å². The minimum absolute atomic E-state index is 0.0543. The molecule has 0 aromatic carbocycles. The Labute approximate surface area is 574 Å². The molecular formula is C83H160N2O6P+. The number of likely N-dealkylation sites (N-methyl/N-ethyl adjacent to an activating group) is 1. The van der Waals surface area contributed by atoms with Crippen LogP contribution in [0, 0.1) is 0 Å². The van der Waals surface area contributed by atoms with Gasteiger partial charge in [0, 0.05) is 6.42 Å². The van der Waals surface area contributed by atoms with Crippen molar-refractivity contribution in [3.05, 3.63) is 60.8 Å². The summed E-state index contributed by atoms with van der Waals surface area (Å²) in [4.78, 5) is 23.5. The predicted molar refractivity (Wildman–Crippen MR) is 406 cm³/mol. The molecule has 8 nitrogen and oxygen atoms in total. The van der Waals surface area contributed by atoms with E-state index >= 15 is 0 Å². The van der Waals surface area contributed by atoms with Crippen molar-refractivity contribution < 1.29 is 32.9 Å². The number of phosphoric ester groups is 1. The largest absolute Gasteiger partial charge is 0.472 e. The number of nitrogens with one attached hydrogen (secondary N) is 1. The Balaban J connectivity index is 3.98. The summed E-state index contributed by atoms with van der Waals surface area (Å²) in [6, 6.07) is -0.872. The van der Waals surface area contributed by atoms with Crippen molar-refractivity contribution in [2.75, 3.05) is 40.9 Å². The Bertz CT molecular complexity index is 1690. The van der Waals surface area contributed by atoms with Crippen LogP contribution in [0.4, 0.5) is 0 Å². The van der Waals surface area contributed by atoms with Crippen molar-refractivity contribution in [2.45, 2.75) is 424 Å².